The summed E-state index contributed by atoms with van der Waals surface area (Å²) in [5.74, 6) is 12.4. The summed E-state index contributed by atoms with van der Waals surface area (Å²) in [4.78, 5) is 0. The van der Waals surface area contributed by atoms with Gasteiger partial charge in [0.2, 0.25) is 0 Å². The van der Waals surface area contributed by atoms with Crippen LogP contribution in [0.25, 0.3) is 80.7 Å². The summed E-state index contributed by atoms with van der Waals surface area (Å²) < 4.78 is 10.1. The third-order valence-electron chi connectivity index (χ3n) is 19.8. The van der Waals surface area contributed by atoms with Crippen LogP contribution < -0.4 is 42.4 Å². The van der Waals surface area contributed by atoms with E-state index in [9.17, 15) is 0 Å². The van der Waals surface area contributed by atoms with Crippen molar-refractivity contribution in [2.75, 3.05) is 11.8 Å². The molecule has 20 aromatic rings. The van der Waals surface area contributed by atoms with Crippen LogP contribution in [0, 0.1) is 49.4 Å². The first-order chi connectivity index (χ1) is 56.4. The zero-order valence-corrected chi connectivity index (χ0v) is 79.4. The van der Waals surface area contributed by atoms with Crippen LogP contribution in [0.4, 0.5) is 0 Å². The van der Waals surface area contributed by atoms with Gasteiger partial charge >= 0.3 is 89.5 Å². The smallest absolute Gasteiger partial charge is 0.366 e. The monoisotopic (exact) mass is 2390 g/mol. The fourth-order valence-corrected chi connectivity index (χ4v) is 34.3. The summed E-state index contributed by atoms with van der Waals surface area (Å²) in [6.45, 7) is 0. The summed E-state index contributed by atoms with van der Waals surface area (Å²) in [6.07, 6.45) is 28.8. The maximum atomic E-state index is 7.29. The van der Waals surface area contributed by atoms with Crippen LogP contribution in [0.15, 0.2) is 413 Å². The minimum atomic E-state index is -0.847. The molecule has 0 unspecified atom stereocenters. The summed E-state index contributed by atoms with van der Waals surface area (Å²) in [7, 11) is -3.39. The van der Waals surface area contributed by atoms with E-state index in [1.807, 2.05) is 72.8 Å². The first-order valence-corrected chi connectivity index (χ1v) is 47.7. The molecule has 118 heavy (non-hydrogen) atoms. The van der Waals surface area contributed by atoms with Gasteiger partial charge in [-0.1, -0.05) is 253 Å². The Morgan fingerprint density at radius 3 is 0.729 bits per heavy atom. The average Bonchev–Trinajstić information content (AvgIpc) is 1.64. The Hall–Kier alpha value is -8.68. The van der Waals surface area contributed by atoms with Crippen LogP contribution in [-0.4, -0.2) is 11.8 Å². The maximum absolute atomic E-state index is 7.29. The Morgan fingerprint density at radius 2 is 0.415 bits per heavy atom. The Labute approximate surface area is 776 Å². The van der Waals surface area contributed by atoms with Gasteiger partial charge in [0, 0.05) is 43.0 Å². The van der Waals surface area contributed by atoms with Crippen molar-refractivity contribution in [3.8, 4) is 23.7 Å². The van der Waals surface area contributed by atoms with Gasteiger partial charge in [-0.3, -0.25) is 23.7 Å². The second kappa shape index (κ2) is 45.6. The van der Waals surface area contributed by atoms with E-state index in [1.165, 1.54) is 124 Å². The molecule has 0 aliphatic rings. The molecule has 4 heterocycles. The molecular weight excluding hydrogens is 2310 g/mol. The summed E-state index contributed by atoms with van der Waals surface area (Å²) in [6, 6.07) is 146. The summed E-state index contributed by atoms with van der Waals surface area (Å²) in [5.41, 5.74) is 3.44. The molecule has 0 bridgehead atoms. The molecule has 0 atom stereocenters. The topological polar surface area (TPSA) is 0 Å². The van der Waals surface area contributed by atoms with Crippen LogP contribution in [0.1, 0.15) is 22.3 Å². The Morgan fingerprint density at radius 1 is 0.186 bits per heavy atom. The Kier molecular flexibility index (Phi) is 34.9. The van der Waals surface area contributed by atoms with E-state index in [-0.39, 0.29) is 89.5 Å². The first-order valence-electron chi connectivity index (χ1n) is 37.6. The number of thiophene rings is 4. The van der Waals surface area contributed by atoms with Gasteiger partial charge in [-0.2, -0.15) is 0 Å². The molecule has 584 valence electrons. The van der Waals surface area contributed by atoms with E-state index in [2.05, 4.69) is 363 Å². The van der Waals surface area contributed by atoms with E-state index < -0.39 is 31.7 Å². The van der Waals surface area contributed by atoms with Crippen molar-refractivity contribution in [3.63, 3.8) is 0 Å². The van der Waals surface area contributed by atoms with Crippen molar-refractivity contribution in [2.24, 2.45) is 0 Å². The molecule has 0 aliphatic carbocycles. The largest absolute Gasteiger partial charge is 1.00 e. The molecule has 0 saturated carbocycles. The third-order valence-corrected chi connectivity index (χ3v) is 38.3. The van der Waals surface area contributed by atoms with E-state index in [1.54, 1.807) is 45.3 Å². The first kappa shape index (κ1) is 90.1. The number of hydrogen-bond donors (Lipinski definition) is 0. The molecule has 0 nitrogen and oxygen atoms in total. The predicted octanol–water partition coefficient (Wildman–Crippen LogP) is 25.3. The van der Waals surface area contributed by atoms with Crippen molar-refractivity contribution < 1.29 is 89.5 Å². The SMILES string of the molecule is [Au+].[Au+].[Au+].[Au+].[C-]#Cc1ccc2c(c1)sc1ccccc12.[C-]#Cc1ccc2sc3ccccc3c2c1.[C-]#Cc1cccc2sc3ccccc3c12.[C-]#Cc1cccc2sc3ccccc3c12.c1ccc([PH+](C[PH+](c2ccccc2)c2ccccc2)c2ccccc2)cc1.c1ccc([PH+](C[PH+](c2ccccc2)c2ccccc2)c2ccccc2)cc1. The standard InChI is InChI=1S/2C25H22P2.4C14H7S.4Au/c2*1-5-13-22(14-6-1)26(23-15-7-2-8-16-23)21-27(24-17-9-3-10-18-24)25-19-11-4-12-20-25;2*1-2-10-6-5-9-13-14(10)11-7-3-4-8-12(11)15-13;1-2-10-7-8-14-12(9-10)11-5-3-4-6-13(11)15-14;1-2-10-7-8-12-11-5-3-4-6-13(11)15-14(12)9-10;;;;/h2*1-20H,21H2;4*3-9H;;;;/q;;4*-1;4*+1/p+4. The van der Waals surface area contributed by atoms with Crippen molar-refractivity contribution in [1.29, 1.82) is 0 Å². The number of fused-ring (bicyclic) bond motifs is 12. The van der Waals surface area contributed by atoms with Gasteiger partial charge in [-0.25, -0.2) is 0 Å². The molecule has 16 aromatic carbocycles. The van der Waals surface area contributed by atoms with E-state index in [0.29, 0.717) is 0 Å². The van der Waals surface area contributed by atoms with Crippen LogP contribution in [0.2, 0.25) is 0 Å². The molecular formula is C106H76Au4P4S4+4. The predicted molar refractivity (Wildman–Crippen MR) is 514 cm³/mol. The van der Waals surface area contributed by atoms with Crippen molar-refractivity contribution >= 4 is 200 Å². The van der Waals surface area contributed by atoms with Crippen molar-refractivity contribution in [1.82, 2.24) is 0 Å². The minimum Gasteiger partial charge on any atom is -0.366 e. The van der Waals surface area contributed by atoms with Gasteiger partial charge in [0.25, 0.3) is 0 Å². The van der Waals surface area contributed by atoms with Crippen molar-refractivity contribution in [2.45, 2.75) is 0 Å². The second-order valence-corrected chi connectivity index (χ2v) is 42.5. The molecule has 0 amide bonds. The zero-order chi connectivity index (χ0) is 77.6. The van der Waals surface area contributed by atoms with Gasteiger partial charge in [0.15, 0.2) is 11.8 Å². The third kappa shape index (κ3) is 22.3. The zero-order valence-electron chi connectivity index (χ0n) is 63.5. The van der Waals surface area contributed by atoms with E-state index >= 15 is 0 Å². The van der Waals surface area contributed by atoms with Gasteiger partial charge in [0.05, 0.1) is 0 Å². The molecule has 0 aliphatic heterocycles. The maximum Gasteiger partial charge on any atom is 1.00 e. The fourth-order valence-electron chi connectivity index (χ4n) is 14.3. The molecule has 0 fully saturated rings. The molecule has 0 saturated heterocycles. The van der Waals surface area contributed by atoms with E-state index in [4.69, 9.17) is 25.7 Å². The Balaban J connectivity index is 0.000000141. The summed E-state index contributed by atoms with van der Waals surface area (Å²) in [5, 5.41) is 21.9. The van der Waals surface area contributed by atoms with Gasteiger partial charge in [0.1, 0.15) is 74.1 Å². The molecule has 4 aromatic heterocycles. The molecule has 20 rings (SSSR count). The average molecular weight is 2390 g/mol. The van der Waals surface area contributed by atoms with Crippen LogP contribution in [0.5, 0.6) is 0 Å². The van der Waals surface area contributed by atoms with Crippen molar-refractivity contribution in [3.05, 3.63) is 460 Å². The molecule has 0 N–H and O–H groups in total. The minimum absolute atomic E-state index is 0. The molecule has 0 spiro atoms. The number of benzene rings is 16. The van der Waals surface area contributed by atoms with E-state index in [0.717, 1.165) is 33.0 Å². The van der Waals surface area contributed by atoms with Crippen LogP contribution in [0.3, 0.4) is 0 Å². The number of hydrogen-bond acceptors (Lipinski definition) is 4. The number of rotatable bonds is 12. The van der Waals surface area contributed by atoms with Crippen LogP contribution >= 0.6 is 77.0 Å². The molecule has 0 radical (unpaired) electrons. The van der Waals surface area contributed by atoms with Gasteiger partial charge in [-0.05, 0) is 160 Å². The Bertz CT molecular complexity index is 6140. The fraction of sp³-hybridized carbons (Fsp3) is 0.0189. The second-order valence-electron chi connectivity index (χ2n) is 26.9. The quantitative estimate of drug-likeness (QED) is 0.0495. The molecule has 12 heteroatoms. The van der Waals surface area contributed by atoms with Crippen LogP contribution in [-0.2, 0) is 89.5 Å². The normalized spacial score (nSPS) is 10.4. The van der Waals surface area contributed by atoms with Gasteiger partial charge in [-0.15, -0.1) is 104 Å². The van der Waals surface area contributed by atoms with Gasteiger partial charge < -0.3 is 25.7 Å². The summed E-state index contributed by atoms with van der Waals surface area (Å²) >= 11 is 7.10.